The molecule has 1 aromatic heterocycles. The first-order chi connectivity index (χ1) is 14.4. The summed E-state index contributed by atoms with van der Waals surface area (Å²) in [6, 6.07) is 22.5. The van der Waals surface area contributed by atoms with Crippen molar-refractivity contribution in [3.05, 3.63) is 95.1 Å². The minimum Gasteiger partial charge on any atom is -0.322 e. The molecule has 0 saturated carbocycles. The van der Waals surface area contributed by atoms with Crippen molar-refractivity contribution in [1.82, 2.24) is 4.98 Å². The zero-order valence-corrected chi connectivity index (χ0v) is 17.9. The molecule has 0 aliphatic carbocycles. The fourth-order valence-corrected chi connectivity index (χ4v) is 4.94. The van der Waals surface area contributed by atoms with Gasteiger partial charge in [-0.1, -0.05) is 36.4 Å². The van der Waals surface area contributed by atoms with Crippen molar-refractivity contribution in [2.24, 2.45) is 0 Å². The number of rotatable bonds is 5. The summed E-state index contributed by atoms with van der Waals surface area (Å²) < 4.78 is 28.9. The molecule has 0 aliphatic heterocycles. The lowest BCUT2D eigenvalue weighted by Crippen LogP contribution is -2.16. The fraction of sp³-hybridized carbons (Fsp3) is 0. The molecule has 0 spiro atoms. The van der Waals surface area contributed by atoms with Crippen LogP contribution in [0.25, 0.3) is 10.9 Å². The zero-order chi connectivity index (χ0) is 21.1. The van der Waals surface area contributed by atoms with Crippen LogP contribution in [0.5, 0.6) is 0 Å². The monoisotopic (exact) mass is 481 g/mol. The minimum atomic E-state index is -3.96. The van der Waals surface area contributed by atoms with Gasteiger partial charge in [0, 0.05) is 21.1 Å². The van der Waals surface area contributed by atoms with E-state index in [1.165, 1.54) is 18.3 Å². The van der Waals surface area contributed by atoms with Crippen LogP contribution in [0.2, 0.25) is 0 Å². The summed E-state index contributed by atoms with van der Waals surface area (Å²) in [5, 5.41) is 3.56. The molecule has 0 radical (unpaired) electrons. The van der Waals surface area contributed by atoms with Crippen LogP contribution < -0.4 is 10.0 Å². The molecule has 0 fully saturated rings. The number of halogens is 1. The third kappa shape index (κ3) is 4.34. The fourth-order valence-electron chi connectivity index (χ4n) is 2.91. The van der Waals surface area contributed by atoms with Crippen LogP contribution in [0, 0.1) is 0 Å². The van der Waals surface area contributed by atoms with Crippen molar-refractivity contribution in [3.8, 4) is 0 Å². The Morgan fingerprint density at radius 3 is 2.40 bits per heavy atom. The van der Waals surface area contributed by atoms with Crippen molar-refractivity contribution in [3.63, 3.8) is 0 Å². The summed E-state index contributed by atoms with van der Waals surface area (Å²) >= 11 is 3.27. The molecule has 0 saturated heterocycles. The Morgan fingerprint density at radius 1 is 0.867 bits per heavy atom. The molecule has 6 nitrogen and oxygen atoms in total. The minimum absolute atomic E-state index is 0.0450. The lowest BCUT2D eigenvalue weighted by molar-refractivity contribution is 0.102. The van der Waals surface area contributed by atoms with Crippen molar-refractivity contribution >= 4 is 54.1 Å². The highest BCUT2D eigenvalue weighted by molar-refractivity contribution is 9.10. The maximum atomic E-state index is 13.0. The molecular formula is C22H16BrN3O3S. The van der Waals surface area contributed by atoms with E-state index in [1.807, 2.05) is 30.3 Å². The number of nitrogens with one attached hydrogen (secondary N) is 2. The second kappa shape index (κ2) is 8.25. The summed E-state index contributed by atoms with van der Waals surface area (Å²) in [7, 11) is -3.96. The molecular weight excluding hydrogens is 466 g/mol. The summed E-state index contributed by atoms with van der Waals surface area (Å²) in [4.78, 5) is 16.8. The highest BCUT2D eigenvalue weighted by Gasteiger charge is 2.20. The van der Waals surface area contributed by atoms with Crippen molar-refractivity contribution < 1.29 is 13.2 Å². The standard InChI is InChI=1S/C22H16BrN3O3S/c23-19-11-10-16(22(27)25-17-7-2-1-3-8-17)13-21(19)30(28,29)26-18-12-15-6-4-5-9-20(15)24-14-18/h1-14,26H,(H,25,27). The van der Waals surface area contributed by atoms with Gasteiger partial charge in [0.1, 0.15) is 4.90 Å². The highest BCUT2D eigenvalue weighted by Crippen LogP contribution is 2.27. The topological polar surface area (TPSA) is 88.2 Å². The third-order valence-electron chi connectivity index (χ3n) is 4.36. The van der Waals surface area contributed by atoms with Crippen LogP contribution in [-0.2, 0) is 10.0 Å². The third-order valence-corrected chi connectivity index (χ3v) is 6.73. The van der Waals surface area contributed by atoms with Gasteiger partial charge in [0.05, 0.1) is 17.4 Å². The van der Waals surface area contributed by atoms with Crippen LogP contribution in [0.3, 0.4) is 0 Å². The number of carbonyl (C=O) groups is 1. The highest BCUT2D eigenvalue weighted by atomic mass is 79.9. The Kier molecular flexibility index (Phi) is 5.52. The number of anilines is 2. The maximum absolute atomic E-state index is 13.0. The molecule has 0 atom stereocenters. The van der Waals surface area contributed by atoms with Gasteiger partial charge >= 0.3 is 0 Å². The molecule has 2 N–H and O–H groups in total. The second-order valence-electron chi connectivity index (χ2n) is 6.49. The molecule has 3 aromatic carbocycles. The van der Waals surface area contributed by atoms with Gasteiger partial charge in [-0.3, -0.25) is 14.5 Å². The van der Waals surface area contributed by atoms with Gasteiger partial charge in [-0.25, -0.2) is 8.42 Å². The molecule has 30 heavy (non-hydrogen) atoms. The van der Waals surface area contributed by atoms with Crippen molar-refractivity contribution in [1.29, 1.82) is 0 Å². The number of aromatic nitrogens is 1. The first-order valence-electron chi connectivity index (χ1n) is 8.96. The van der Waals surface area contributed by atoms with E-state index in [4.69, 9.17) is 0 Å². The van der Waals surface area contributed by atoms with Crippen LogP contribution >= 0.6 is 15.9 Å². The van der Waals surface area contributed by atoms with E-state index in [0.29, 0.717) is 15.8 Å². The zero-order valence-electron chi connectivity index (χ0n) is 15.5. The van der Waals surface area contributed by atoms with Gasteiger partial charge in [0.2, 0.25) is 0 Å². The van der Waals surface area contributed by atoms with E-state index >= 15 is 0 Å². The quantitative estimate of drug-likeness (QED) is 0.417. The number of hydrogen-bond donors (Lipinski definition) is 2. The van der Waals surface area contributed by atoms with E-state index in [-0.39, 0.29) is 10.5 Å². The summed E-state index contributed by atoms with van der Waals surface area (Å²) in [6.45, 7) is 0. The maximum Gasteiger partial charge on any atom is 0.263 e. The molecule has 1 amide bonds. The largest absolute Gasteiger partial charge is 0.322 e. The normalized spacial score (nSPS) is 11.2. The second-order valence-corrected chi connectivity index (χ2v) is 8.99. The number of benzene rings is 3. The van der Waals surface area contributed by atoms with Crippen LogP contribution in [0.15, 0.2) is 94.4 Å². The van der Waals surface area contributed by atoms with Gasteiger partial charge in [-0.2, -0.15) is 0 Å². The lowest BCUT2D eigenvalue weighted by Gasteiger charge is -2.12. The lowest BCUT2D eigenvalue weighted by atomic mass is 10.2. The number of sulfonamides is 1. The number of carbonyl (C=O) groups excluding carboxylic acids is 1. The number of amides is 1. The van der Waals surface area contributed by atoms with E-state index in [0.717, 1.165) is 10.9 Å². The number of pyridine rings is 1. The number of para-hydroxylation sites is 2. The molecule has 4 aromatic rings. The summed E-state index contributed by atoms with van der Waals surface area (Å²) in [5.74, 6) is -0.405. The summed E-state index contributed by atoms with van der Waals surface area (Å²) in [6.07, 6.45) is 1.46. The SMILES string of the molecule is O=C(Nc1ccccc1)c1ccc(Br)c(S(=O)(=O)Nc2cnc3ccccc3c2)c1. The number of fused-ring (bicyclic) bond motifs is 1. The Labute approximate surface area is 182 Å². The molecule has 4 rings (SSSR count). The molecule has 8 heteroatoms. The Balaban J connectivity index is 1.62. The van der Waals surface area contributed by atoms with Crippen LogP contribution in [0.1, 0.15) is 10.4 Å². The molecule has 0 bridgehead atoms. The molecule has 150 valence electrons. The summed E-state index contributed by atoms with van der Waals surface area (Å²) in [5.41, 5.74) is 1.94. The van der Waals surface area contributed by atoms with Crippen molar-refractivity contribution in [2.45, 2.75) is 4.90 Å². The van der Waals surface area contributed by atoms with Crippen LogP contribution in [0.4, 0.5) is 11.4 Å². The average Bonchev–Trinajstić information content (AvgIpc) is 2.74. The Morgan fingerprint density at radius 2 is 1.60 bits per heavy atom. The van der Waals surface area contributed by atoms with Gasteiger partial charge < -0.3 is 5.32 Å². The van der Waals surface area contributed by atoms with Crippen LogP contribution in [-0.4, -0.2) is 19.3 Å². The van der Waals surface area contributed by atoms with E-state index in [1.54, 1.807) is 36.4 Å². The first-order valence-corrected chi connectivity index (χ1v) is 11.2. The first kappa shape index (κ1) is 20.1. The Hall–Kier alpha value is -3.23. The number of hydrogen-bond acceptors (Lipinski definition) is 4. The predicted molar refractivity (Wildman–Crippen MR) is 121 cm³/mol. The molecule has 0 unspecified atom stereocenters. The number of nitrogens with zero attached hydrogens (tertiary/aromatic N) is 1. The Bertz CT molecular complexity index is 1340. The average molecular weight is 482 g/mol. The van der Waals surface area contributed by atoms with E-state index in [9.17, 15) is 13.2 Å². The van der Waals surface area contributed by atoms with Gasteiger partial charge in [0.15, 0.2) is 0 Å². The van der Waals surface area contributed by atoms with Crippen molar-refractivity contribution in [2.75, 3.05) is 10.0 Å². The van der Waals surface area contributed by atoms with E-state index < -0.39 is 15.9 Å². The van der Waals surface area contributed by atoms with Gasteiger partial charge in [-0.15, -0.1) is 0 Å². The van der Waals surface area contributed by atoms with Gasteiger partial charge in [-0.05, 0) is 58.4 Å². The molecule has 0 aliphatic rings. The smallest absolute Gasteiger partial charge is 0.263 e. The molecule has 1 heterocycles. The predicted octanol–water partition coefficient (Wildman–Crippen LogP) is 5.05. The van der Waals surface area contributed by atoms with Gasteiger partial charge in [0.25, 0.3) is 15.9 Å². The van der Waals surface area contributed by atoms with E-state index in [2.05, 4.69) is 31.0 Å².